The maximum absolute atomic E-state index is 11.3. The van der Waals surface area contributed by atoms with Crippen LogP contribution in [0.4, 0.5) is 5.69 Å². The van der Waals surface area contributed by atoms with Crippen LogP contribution in [0.15, 0.2) is 24.4 Å². The van der Waals surface area contributed by atoms with Gasteiger partial charge in [0.2, 0.25) is 5.78 Å². The van der Waals surface area contributed by atoms with Crippen LogP contribution in [0.1, 0.15) is 10.4 Å². The Kier molecular flexibility index (Phi) is 2.76. The third kappa shape index (κ3) is 1.74. The van der Waals surface area contributed by atoms with Crippen molar-refractivity contribution >= 4 is 44.8 Å². The number of nitrogens with zero attached hydrogens (tertiary/aromatic N) is 2. The molecule has 17 heavy (non-hydrogen) atoms. The van der Waals surface area contributed by atoms with Crippen molar-refractivity contribution in [2.75, 3.05) is 0 Å². The topological polar surface area (TPSA) is 82.2 Å². The zero-order valence-corrected chi connectivity index (χ0v) is 9.88. The van der Waals surface area contributed by atoms with Crippen molar-refractivity contribution in [3.63, 3.8) is 0 Å². The highest BCUT2D eigenvalue weighted by atomic mass is 79.9. The van der Waals surface area contributed by atoms with Crippen molar-refractivity contribution in [2.24, 2.45) is 0 Å². The largest absolute Gasteiger partial charge is 0.294 e. The summed E-state index contributed by atoms with van der Waals surface area (Å²) in [5.41, 5.74) is 0.252. The number of aldehydes is 1. The van der Waals surface area contributed by atoms with E-state index in [4.69, 9.17) is 0 Å². The number of carbonyl (C=O) groups excluding carboxylic acids is 2. The molecule has 0 aliphatic rings. The van der Waals surface area contributed by atoms with Gasteiger partial charge in [-0.1, -0.05) is 12.1 Å². The Morgan fingerprint density at radius 3 is 2.76 bits per heavy atom. The van der Waals surface area contributed by atoms with Gasteiger partial charge in [0.1, 0.15) is 5.52 Å². The van der Waals surface area contributed by atoms with Gasteiger partial charge in [-0.15, -0.1) is 0 Å². The molecule has 86 valence electrons. The Labute approximate surface area is 103 Å². The first-order valence-electron chi connectivity index (χ1n) is 4.50. The number of non-ortho nitro benzene ring substituents is 1. The Morgan fingerprint density at radius 1 is 1.47 bits per heavy atom. The van der Waals surface area contributed by atoms with Crippen LogP contribution in [0.2, 0.25) is 0 Å². The number of halogens is 1. The Balaban J connectivity index is 2.86. The minimum Gasteiger partial charge on any atom is -0.294 e. The lowest BCUT2D eigenvalue weighted by atomic mass is 10.1. The van der Waals surface area contributed by atoms with Gasteiger partial charge >= 0.3 is 0 Å². The summed E-state index contributed by atoms with van der Waals surface area (Å²) in [7, 11) is 0. The summed E-state index contributed by atoms with van der Waals surface area (Å²) < 4.78 is 1.29. The van der Waals surface area contributed by atoms with E-state index in [1.54, 1.807) is 6.07 Å². The highest BCUT2D eigenvalue weighted by molar-refractivity contribution is 9.08. The van der Waals surface area contributed by atoms with Crippen LogP contribution >= 0.6 is 16.1 Å². The van der Waals surface area contributed by atoms with Crippen LogP contribution in [-0.2, 0) is 4.79 Å². The van der Waals surface area contributed by atoms with E-state index in [1.807, 2.05) is 0 Å². The molecule has 2 aromatic rings. The zero-order chi connectivity index (χ0) is 12.6. The fourth-order valence-electron chi connectivity index (χ4n) is 1.63. The van der Waals surface area contributed by atoms with Crippen LogP contribution in [0.5, 0.6) is 0 Å². The third-order valence-electron chi connectivity index (χ3n) is 2.33. The van der Waals surface area contributed by atoms with Crippen molar-refractivity contribution in [1.82, 2.24) is 3.59 Å². The SMILES string of the molecule is O=CC(=O)c1cn(Br)c2c([N+](=O)[O-])cccc12. The van der Waals surface area contributed by atoms with E-state index >= 15 is 0 Å². The number of Topliss-reactive ketones (excluding diaryl/α,β-unsaturated/α-hetero) is 1. The molecule has 1 aromatic carbocycles. The Hall–Kier alpha value is -2.02. The molecular formula is C10H5BrN2O4. The fourth-order valence-corrected chi connectivity index (χ4v) is 2.21. The Morgan fingerprint density at radius 2 is 2.18 bits per heavy atom. The third-order valence-corrected chi connectivity index (χ3v) is 2.89. The van der Waals surface area contributed by atoms with Crippen molar-refractivity contribution in [3.05, 3.63) is 40.1 Å². The number of nitro groups is 1. The second-order valence-electron chi connectivity index (χ2n) is 3.27. The van der Waals surface area contributed by atoms with Crippen molar-refractivity contribution < 1.29 is 14.5 Å². The second-order valence-corrected chi connectivity index (χ2v) is 4.03. The number of hydrogen-bond donors (Lipinski definition) is 0. The molecule has 0 spiro atoms. The number of para-hydroxylation sites is 1. The van der Waals surface area contributed by atoms with E-state index in [0.29, 0.717) is 5.39 Å². The molecule has 0 aliphatic carbocycles. The first kappa shape index (κ1) is 11.5. The first-order valence-corrected chi connectivity index (χ1v) is 5.21. The summed E-state index contributed by atoms with van der Waals surface area (Å²) in [5, 5.41) is 11.2. The Bertz CT molecular complexity index is 647. The van der Waals surface area contributed by atoms with E-state index in [9.17, 15) is 19.7 Å². The van der Waals surface area contributed by atoms with Crippen LogP contribution in [0.25, 0.3) is 10.9 Å². The molecule has 0 saturated heterocycles. The molecular weight excluding hydrogens is 292 g/mol. The molecule has 0 amide bonds. The lowest BCUT2D eigenvalue weighted by molar-refractivity contribution is -0.383. The van der Waals surface area contributed by atoms with Crippen LogP contribution in [-0.4, -0.2) is 20.6 Å². The number of ketones is 1. The molecule has 0 aliphatic heterocycles. The normalized spacial score (nSPS) is 10.4. The molecule has 7 heteroatoms. The van der Waals surface area contributed by atoms with E-state index in [2.05, 4.69) is 16.1 Å². The molecule has 1 heterocycles. The molecule has 0 fully saturated rings. The van der Waals surface area contributed by atoms with E-state index in [-0.39, 0.29) is 23.1 Å². The predicted molar refractivity (Wildman–Crippen MR) is 63.3 cm³/mol. The molecule has 0 unspecified atom stereocenters. The number of fused-ring (bicyclic) bond motifs is 1. The quantitative estimate of drug-likeness (QED) is 0.285. The fraction of sp³-hybridized carbons (Fsp3) is 0. The lowest BCUT2D eigenvalue weighted by Gasteiger charge is -1.96. The van der Waals surface area contributed by atoms with Gasteiger partial charge in [0.05, 0.1) is 26.6 Å². The van der Waals surface area contributed by atoms with Gasteiger partial charge in [-0.2, -0.15) is 0 Å². The summed E-state index contributed by atoms with van der Waals surface area (Å²) in [4.78, 5) is 32.1. The number of aromatic nitrogens is 1. The molecule has 0 atom stereocenters. The maximum Gasteiger partial charge on any atom is 0.294 e. The number of carbonyl (C=O) groups is 2. The van der Waals surface area contributed by atoms with Crippen LogP contribution in [0, 0.1) is 10.1 Å². The average molecular weight is 297 g/mol. The summed E-state index contributed by atoms with van der Waals surface area (Å²) in [6.45, 7) is 0. The molecule has 2 rings (SSSR count). The highest BCUT2D eigenvalue weighted by Gasteiger charge is 2.20. The molecule has 0 bridgehead atoms. The average Bonchev–Trinajstić information content (AvgIpc) is 2.66. The van der Waals surface area contributed by atoms with Gasteiger partial charge < -0.3 is 0 Å². The minimum absolute atomic E-state index is 0.135. The first-order chi connectivity index (χ1) is 8.06. The maximum atomic E-state index is 11.3. The molecule has 0 N–H and O–H groups in total. The summed E-state index contributed by atoms with van der Waals surface area (Å²) in [6, 6.07) is 4.35. The number of rotatable bonds is 3. The van der Waals surface area contributed by atoms with Gasteiger partial charge in [0.25, 0.3) is 5.69 Å². The van der Waals surface area contributed by atoms with Crippen molar-refractivity contribution in [3.8, 4) is 0 Å². The van der Waals surface area contributed by atoms with Crippen LogP contribution < -0.4 is 0 Å². The van der Waals surface area contributed by atoms with Crippen molar-refractivity contribution in [1.29, 1.82) is 0 Å². The second kappa shape index (κ2) is 4.10. The van der Waals surface area contributed by atoms with E-state index in [1.165, 1.54) is 21.9 Å². The molecule has 6 nitrogen and oxygen atoms in total. The van der Waals surface area contributed by atoms with Crippen LogP contribution in [0.3, 0.4) is 0 Å². The predicted octanol–water partition coefficient (Wildman–Crippen LogP) is 2.09. The standard InChI is InChI=1S/C10H5BrN2O4/c11-12-4-7(9(15)5-14)6-2-1-3-8(10(6)12)13(16)17/h1-5H. The monoisotopic (exact) mass is 296 g/mol. The molecule has 1 aromatic heterocycles. The van der Waals surface area contributed by atoms with Gasteiger partial charge in [-0.05, 0) is 0 Å². The van der Waals surface area contributed by atoms with E-state index in [0.717, 1.165) is 0 Å². The van der Waals surface area contributed by atoms with Gasteiger partial charge in [0.15, 0.2) is 6.29 Å². The van der Waals surface area contributed by atoms with Gasteiger partial charge in [0, 0.05) is 17.6 Å². The number of benzene rings is 1. The summed E-state index contributed by atoms with van der Waals surface area (Å²) in [5.74, 6) is -0.714. The molecule has 0 radical (unpaired) electrons. The summed E-state index contributed by atoms with van der Waals surface area (Å²) >= 11 is 3.08. The van der Waals surface area contributed by atoms with Crippen molar-refractivity contribution in [2.45, 2.75) is 0 Å². The van der Waals surface area contributed by atoms with Gasteiger partial charge in [-0.25, -0.2) is 0 Å². The molecule has 0 saturated carbocycles. The number of nitro benzene ring substituents is 1. The zero-order valence-electron chi connectivity index (χ0n) is 8.29. The highest BCUT2D eigenvalue weighted by Crippen LogP contribution is 2.30. The smallest absolute Gasteiger partial charge is 0.294 e. The lowest BCUT2D eigenvalue weighted by Crippen LogP contribution is -1.98. The van der Waals surface area contributed by atoms with E-state index < -0.39 is 10.7 Å². The summed E-state index contributed by atoms with van der Waals surface area (Å²) in [6.07, 6.45) is 1.52. The minimum atomic E-state index is -0.714. The van der Waals surface area contributed by atoms with Gasteiger partial charge in [-0.3, -0.25) is 23.3 Å². The number of hydrogen-bond acceptors (Lipinski definition) is 4.